The van der Waals surface area contributed by atoms with Crippen LogP contribution in [0, 0.1) is 0 Å². The molecule has 0 saturated heterocycles. The Morgan fingerprint density at radius 2 is 2.22 bits per heavy atom. The van der Waals surface area contributed by atoms with Gasteiger partial charge in [-0.3, -0.25) is 0 Å². The number of unbranched alkanes of at least 4 members (excludes halogenated alkanes) is 1. The molecular formula is C15H18FNO. The van der Waals surface area contributed by atoms with Crippen LogP contribution in [0.3, 0.4) is 0 Å². The number of oxazole rings is 1. The molecule has 0 N–H and O–H groups in total. The van der Waals surface area contributed by atoms with Crippen molar-refractivity contribution in [3.8, 4) is 0 Å². The van der Waals surface area contributed by atoms with Crippen LogP contribution >= 0.6 is 0 Å². The zero-order valence-corrected chi connectivity index (χ0v) is 10.9. The molecule has 0 unspecified atom stereocenters. The smallest absolute Gasteiger partial charge is 0.195 e. The molecule has 3 heteroatoms. The molecule has 0 spiro atoms. The number of fused-ring (bicyclic) bond motifs is 1. The first-order chi connectivity index (χ1) is 8.78. The van der Waals surface area contributed by atoms with E-state index in [9.17, 15) is 4.39 Å². The van der Waals surface area contributed by atoms with Gasteiger partial charge in [-0.25, -0.2) is 9.37 Å². The van der Waals surface area contributed by atoms with Gasteiger partial charge in [0.2, 0.25) is 0 Å². The fourth-order valence-electron chi connectivity index (χ4n) is 1.95. The van der Waals surface area contributed by atoms with E-state index in [1.165, 1.54) is 0 Å². The SMILES string of the molecule is CCCCc1nc2ccc(C(=CF)CC)cc2o1. The lowest BCUT2D eigenvalue weighted by atomic mass is 10.1. The Kier molecular flexibility index (Phi) is 4.13. The summed E-state index contributed by atoms with van der Waals surface area (Å²) in [5, 5.41) is 0. The number of benzene rings is 1. The number of rotatable bonds is 5. The zero-order chi connectivity index (χ0) is 13.0. The molecular weight excluding hydrogens is 229 g/mol. The molecule has 1 aromatic heterocycles. The van der Waals surface area contributed by atoms with Crippen LogP contribution in [0.5, 0.6) is 0 Å². The Morgan fingerprint density at radius 1 is 1.39 bits per heavy atom. The molecule has 0 fully saturated rings. The van der Waals surface area contributed by atoms with Gasteiger partial charge in [0.15, 0.2) is 11.5 Å². The zero-order valence-electron chi connectivity index (χ0n) is 10.9. The number of allylic oxidation sites excluding steroid dienone is 1. The summed E-state index contributed by atoms with van der Waals surface area (Å²) in [6, 6.07) is 5.65. The van der Waals surface area contributed by atoms with E-state index in [0.29, 0.717) is 18.3 Å². The molecule has 2 rings (SSSR count). The van der Waals surface area contributed by atoms with Gasteiger partial charge in [-0.2, -0.15) is 0 Å². The number of aryl methyl sites for hydroxylation is 1. The van der Waals surface area contributed by atoms with E-state index < -0.39 is 0 Å². The second-order valence-electron chi connectivity index (χ2n) is 4.38. The van der Waals surface area contributed by atoms with Crippen LogP contribution in [0.15, 0.2) is 28.9 Å². The van der Waals surface area contributed by atoms with Crippen molar-refractivity contribution in [1.29, 1.82) is 0 Å². The van der Waals surface area contributed by atoms with Gasteiger partial charge in [0.25, 0.3) is 0 Å². The van der Waals surface area contributed by atoms with Crippen LogP contribution in [0.25, 0.3) is 16.7 Å². The van der Waals surface area contributed by atoms with Gasteiger partial charge in [-0.05, 0) is 36.1 Å². The van der Waals surface area contributed by atoms with Crippen molar-refractivity contribution >= 4 is 16.7 Å². The molecule has 0 aliphatic heterocycles. The van der Waals surface area contributed by atoms with Crippen LogP contribution < -0.4 is 0 Å². The van der Waals surface area contributed by atoms with Crippen molar-refractivity contribution in [3.05, 3.63) is 36.0 Å². The average molecular weight is 247 g/mol. The molecule has 18 heavy (non-hydrogen) atoms. The maximum atomic E-state index is 12.7. The molecule has 96 valence electrons. The standard InChI is InChI=1S/C15H18FNO/c1-3-5-6-15-17-13-8-7-12(9-14(13)18-15)11(4-2)10-16/h7-10H,3-6H2,1-2H3. The van der Waals surface area contributed by atoms with Gasteiger partial charge >= 0.3 is 0 Å². The van der Waals surface area contributed by atoms with Gasteiger partial charge in [-0.1, -0.05) is 26.3 Å². The molecule has 0 bridgehead atoms. The summed E-state index contributed by atoms with van der Waals surface area (Å²) in [4.78, 5) is 4.42. The largest absolute Gasteiger partial charge is 0.441 e. The summed E-state index contributed by atoms with van der Waals surface area (Å²) < 4.78 is 18.4. The average Bonchev–Trinajstić information content (AvgIpc) is 2.80. The van der Waals surface area contributed by atoms with Gasteiger partial charge in [-0.15, -0.1) is 0 Å². The molecule has 0 radical (unpaired) electrons. The van der Waals surface area contributed by atoms with Crippen molar-refractivity contribution in [2.75, 3.05) is 0 Å². The third-order valence-corrected chi connectivity index (χ3v) is 3.06. The van der Waals surface area contributed by atoms with E-state index in [0.717, 1.165) is 41.8 Å². The first kappa shape index (κ1) is 12.8. The third-order valence-electron chi connectivity index (χ3n) is 3.06. The van der Waals surface area contributed by atoms with Gasteiger partial charge < -0.3 is 4.42 Å². The molecule has 2 aromatic rings. The van der Waals surface area contributed by atoms with Crippen molar-refractivity contribution in [2.45, 2.75) is 39.5 Å². The first-order valence-corrected chi connectivity index (χ1v) is 6.47. The number of hydrogen-bond donors (Lipinski definition) is 0. The summed E-state index contributed by atoms with van der Waals surface area (Å²) in [7, 11) is 0. The quantitative estimate of drug-likeness (QED) is 0.751. The topological polar surface area (TPSA) is 26.0 Å². The van der Waals surface area contributed by atoms with E-state index in [-0.39, 0.29) is 0 Å². The Morgan fingerprint density at radius 3 is 2.89 bits per heavy atom. The van der Waals surface area contributed by atoms with Gasteiger partial charge in [0.1, 0.15) is 5.52 Å². The van der Waals surface area contributed by atoms with Crippen molar-refractivity contribution < 1.29 is 8.81 Å². The minimum atomic E-state index is 0.662. The Bertz CT molecular complexity index is 557. The molecule has 0 amide bonds. The molecule has 0 saturated carbocycles. The van der Waals surface area contributed by atoms with Crippen molar-refractivity contribution in [2.24, 2.45) is 0 Å². The Hall–Kier alpha value is -1.64. The van der Waals surface area contributed by atoms with Crippen molar-refractivity contribution in [1.82, 2.24) is 4.98 Å². The summed E-state index contributed by atoms with van der Waals surface area (Å²) in [5.74, 6) is 0.770. The second kappa shape index (κ2) is 5.80. The number of nitrogens with zero attached hydrogens (tertiary/aromatic N) is 1. The van der Waals surface area contributed by atoms with E-state index in [1.54, 1.807) is 0 Å². The fourth-order valence-corrected chi connectivity index (χ4v) is 1.95. The number of halogens is 1. The van der Waals surface area contributed by atoms with E-state index in [2.05, 4.69) is 11.9 Å². The first-order valence-electron chi connectivity index (χ1n) is 6.47. The highest BCUT2D eigenvalue weighted by Gasteiger charge is 2.07. The Labute approximate surface area is 107 Å². The van der Waals surface area contributed by atoms with E-state index >= 15 is 0 Å². The van der Waals surface area contributed by atoms with E-state index in [4.69, 9.17) is 4.42 Å². The minimum absolute atomic E-state index is 0.662. The highest BCUT2D eigenvalue weighted by Crippen LogP contribution is 2.24. The van der Waals surface area contributed by atoms with Crippen LogP contribution in [0.4, 0.5) is 4.39 Å². The normalized spacial score (nSPS) is 12.3. The summed E-state index contributed by atoms with van der Waals surface area (Å²) in [6.45, 7) is 4.07. The van der Waals surface area contributed by atoms with Crippen molar-refractivity contribution in [3.63, 3.8) is 0 Å². The van der Waals surface area contributed by atoms with Gasteiger partial charge in [0, 0.05) is 6.42 Å². The van der Waals surface area contributed by atoms with E-state index in [1.807, 2.05) is 25.1 Å². The summed E-state index contributed by atoms with van der Waals surface area (Å²) >= 11 is 0. The summed E-state index contributed by atoms with van der Waals surface area (Å²) in [6.07, 6.45) is 4.38. The van der Waals surface area contributed by atoms with Crippen LogP contribution in [-0.2, 0) is 6.42 Å². The van der Waals surface area contributed by atoms with Crippen LogP contribution in [-0.4, -0.2) is 4.98 Å². The number of aromatic nitrogens is 1. The van der Waals surface area contributed by atoms with Crippen LogP contribution in [0.2, 0.25) is 0 Å². The molecule has 1 aromatic carbocycles. The third kappa shape index (κ3) is 2.61. The minimum Gasteiger partial charge on any atom is -0.441 e. The predicted octanol–water partition coefficient (Wildman–Crippen LogP) is 4.89. The molecule has 2 nitrogen and oxygen atoms in total. The highest BCUT2D eigenvalue weighted by atomic mass is 19.1. The lowest BCUT2D eigenvalue weighted by Crippen LogP contribution is -1.82. The summed E-state index contributed by atoms with van der Waals surface area (Å²) in [5.41, 5.74) is 3.14. The number of hydrogen-bond acceptors (Lipinski definition) is 2. The highest BCUT2D eigenvalue weighted by molar-refractivity contribution is 5.79. The molecule has 0 atom stereocenters. The second-order valence-corrected chi connectivity index (χ2v) is 4.38. The predicted molar refractivity (Wildman–Crippen MR) is 72.0 cm³/mol. The fraction of sp³-hybridized carbons (Fsp3) is 0.400. The molecule has 0 aliphatic carbocycles. The molecule has 0 aliphatic rings. The monoisotopic (exact) mass is 247 g/mol. The van der Waals surface area contributed by atoms with Gasteiger partial charge in [0.05, 0.1) is 6.33 Å². The lowest BCUT2D eigenvalue weighted by molar-refractivity contribution is 0.517. The maximum Gasteiger partial charge on any atom is 0.195 e. The van der Waals surface area contributed by atoms with Crippen LogP contribution in [0.1, 0.15) is 44.6 Å². The Balaban J connectivity index is 2.33. The maximum absolute atomic E-state index is 12.7. The molecule has 1 heterocycles. The lowest BCUT2D eigenvalue weighted by Gasteiger charge is -2.01.